The van der Waals surface area contributed by atoms with Gasteiger partial charge < -0.3 is 15.1 Å². The number of H-pyrrole nitrogens is 1. The first kappa shape index (κ1) is 33.1. The normalized spacial score (nSPS) is 23.7. The second-order valence-corrected chi connectivity index (χ2v) is 15.9. The van der Waals surface area contributed by atoms with E-state index in [9.17, 15) is 9.59 Å². The van der Waals surface area contributed by atoms with Crippen LogP contribution in [0.4, 0.5) is 0 Å². The number of aromatic nitrogens is 4. The number of amidine groups is 1. The number of carbonyl (C=O) groups is 2. The molecule has 2 heterocycles. The average Bonchev–Trinajstić information content (AvgIpc) is 3.62. The highest BCUT2D eigenvalue weighted by Gasteiger charge is 2.53. The van der Waals surface area contributed by atoms with Crippen LogP contribution in [0.5, 0.6) is 0 Å². The Hall–Kier alpha value is -3.30. The summed E-state index contributed by atoms with van der Waals surface area (Å²) in [6.45, 7) is 14.0. The van der Waals surface area contributed by atoms with Crippen LogP contribution in [0, 0.1) is 16.7 Å². The molecule has 0 saturated heterocycles. The summed E-state index contributed by atoms with van der Waals surface area (Å²) in [5, 5.41) is 16.6. The topological polar surface area (TPSA) is 119 Å². The Kier molecular flexibility index (Phi) is 9.70. The van der Waals surface area contributed by atoms with Gasteiger partial charge in [-0.1, -0.05) is 78.2 Å². The molecule has 2 aliphatic carbocycles. The third kappa shape index (κ3) is 7.58. The van der Waals surface area contributed by atoms with Crippen LogP contribution in [0.1, 0.15) is 140 Å². The van der Waals surface area contributed by atoms with E-state index in [1.807, 2.05) is 24.3 Å². The molecule has 0 bridgehead atoms. The maximum atomic E-state index is 14.7. The number of hydrogen-bond acceptors (Lipinski definition) is 7. The molecule has 2 aromatic rings. The second-order valence-electron chi connectivity index (χ2n) is 15.9. The fourth-order valence-electron chi connectivity index (χ4n) is 7.59. The van der Waals surface area contributed by atoms with E-state index in [1.165, 1.54) is 19.3 Å². The van der Waals surface area contributed by atoms with E-state index in [4.69, 9.17) is 4.99 Å². The second kappa shape index (κ2) is 13.2. The van der Waals surface area contributed by atoms with Crippen LogP contribution >= 0.6 is 0 Å². The molecule has 1 aromatic carbocycles. The molecule has 2 N–H and O–H groups in total. The summed E-state index contributed by atoms with van der Waals surface area (Å²) in [7, 11) is 2.09. The molecule has 1 aliphatic heterocycles. The van der Waals surface area contributed by atoms with Crippen LogP contribution in [0.3, 0.4) is 0 Å². The fourth-order valence-corrected chi connectivity index (χ4v) is 7.59. The zero-order chi connectivity index (χ0) is 32.4. The van der Waals surface area contributed by atoms with Gasteiger partial charge in [-0.15, -0.1) is 10.2 Å². The molecule has 45 heavy (non-hydrogen) atoms. The van der Waals surface area contributed by atoms with Crippen molar-refractivity contribution in [2.75, 3.05) is 7.05 Å². The number of tetrazole rings is 1. The molecule has 1 aromatic heterocycles. The highest BCUT2D eigenvalue weighted by Crippen LogP contribution is 2.50. The lowest BCUT2D eigenvalue weighted by atomic mass is 9.69. The van der Waals surface area contributed by atoms with Gasteiger partial charge in [0, 0.05) is 18.7 Å². The lowest BCUT2D eigenvalue weighted by Gasteiger charge is -2.47. The molecule has 2 amide bonds. The molecule has 2 fully saturated rings. The summed E-state index contributed by atoms with van der Waals surface area (Å²) < 4.78 is 0. The standard InChI is InChI=1S/C35H54N8O2/c1-33(2,3)20-19-28(24-13-15-25(16-14-24)31(44)36-23-29-38-40-41-39-29)43-32(45)30(42(7)27-11-9-8-10-12-27)37-35(43)21-17-26(18-22-35)34(4,5)6/h13-16,26-28H,8-12,17-23H2,1-7H3,(H,36,44)(H,38,39,40,41)/t26?,28-,35?/m1/s1. The van der Waals surface area contributed by atoms with E-state index in [2.05, 4.69) is 84.3 Å². The van der Waals surface area contributed by atoms with E-state index >= 15 is 0 Å². The van der Waals surface area contributed by atoms with Gasteiger partial charge in [0.2, 0.25) is 0 Å². The maximum absolute atomic E-state index is 14.7. The molecule has 3 aliphatic rings. The van der Waals surface area contributed by atoms with Crippen LogP contribution in [0.25, 0.3) is 0 Å². The lowest BCUT2D eigenvalue weighted by molar-refractivity contribution is -0.134. The lowest BCUT2D eigenvalue weighted by Crippen LogP contribution is -2.52. The van der Waals surface area contributed by atoms with Crippen molar-refractivity contribution < 1.29 is 9.59 Å². The molecule has 1 spiro atoms. The van der Waals surface area contributed by atoms with Gasteiger partial charge in [-0.05, 0) is 85.8 Å². The quantitative estimate of drug-likeness (QED) is 0.352. The molecule has 1 atom stereocenters. The predicted molar refractivity (Wildman–Crippen MR) is 176 cm³/mol. The monoisotopic (exact) mass is 618 g/mol. The van der Waals surface area contributed by atoms with Crippen LogP contribution in [0.15, 0.2) is 29.3 Å². The SMILES string of the molecule is CN(C1=NC2(CCC(C(C)(C)C)CC2)N([C@H](CCC(C)(C)C)c2ccc(C(=O)NCc3nn[nH]n3)cc2)C1=O)C1CCCCC1. The van der Waals surface area contributed by atoms with Crippen LogP contribution in [0.2, 0.25) is 0 Å². The van der Waals surface area contributed by atoms with E-state index in [0.717, 1.165) is 56.9 Å². The highest BCUT2D eigenvalue weighted by atomic mass is 16.2. The molecule has 0 unspecified atom stereocenters. The van der Waals surface area contributed by atoms with Crippen molar-refractivity contribution in [2.45, 2.75) is 136 Å². The Morgan fingerprint density at radius 3 is 2.29 bits per heavy atom. The molecular formula is C35H54N8O2. The third-order valence-corrected chi connectivity index (χ3v) is 10.5. The van der Waals surface area contributed by atoms with Gasteiger partial charge in [0.25, 0.3) is 11.8 Å². The zero-order valence-electron chi connectivity index (χ0n) is 28.5. The number of nitrogens with one attached hydrogen (secondary N) is 2. The number of amides is 2. The number of carbonyl (C=O) groups excluding carboxylic acids is 2. The van der Waals surface area contributed by atoms with Gasteiger partial charge in [-0.3, -0.25) is 9.59 Å². The first-order chi connectivity index (χ1) is 21.3. The van der Waals surface area contributed by atoms with E-state index in [1.54, 1.807) is 0 Å². The number of nitrogens with zero attached hydrogens (tertiary/aromatic N) is 6. The number of likely N-dealkylation sites (N-methyl/N-ethyl adjacent to an activating group) is 1. The molecule has 2 saturated carbocycles. The Morgan fingerprint density at radius 1 is 1.04 bits per heavy atom. The summed E-state index contributed by atoms with van der Waals surface area (Å²) in [5.74, 6) is 1.54. The summed E-state index contributed by atoms with van der Waals surface area (Å²) >= 11 is 0. The minimum Gasteiger partial charge on any atom is -0.352 e. The minimum atomic E-state index is -0.541. The van der Waals surface area contributed by atoms with E-state index in [0.29, 0.717) is 29.2 Å². The summed E-state index contributed by atoms with van der Waals surface area (Å²) in [6.07, 6.45) is 11.6. The molecule has 0 radical (unpaired) electrons. The summed E-state index contributed by atoms with van der Waals surface area (Å²) in [4.78, 5) is 37.5. The summed E-state index contributed by atoms with van der Waals surface area (Å²) in [6, 6.07) is 8.01. The van der Waals surface area contributed by atoms with Gasteiger partial charge in [0.05, 0.1) is 12.6 Å². The van der Waals surface area contributed by atoms with Crippen LogP contribution < -0.4 is 5.32 Å². The number of aromatic amines is 1. The van der Waals surface area contributed by atoms with Crippen LogP contribution in [-0.4, -0.2) is 66.8 Å². The van der Waals surface area contributed by atoms with E-state index in [-0.39, 0.29) is 35.2 Å². The molecular weight excluding hydrogens is 564 g/mol. The molecule has 246 valence electrons. The Labute approximate surface area is 269 Å². The molecule has 5 rings (SSSR count). The van der Waals surface area contributed by atoms with Crippen molar-refractivity contribution in [3.8, 4) is 0 Å². The first-order valence-electron chi connectivity index (χ1n) is 17.0. The smallest absolute Gasteiger partial charge is 0.291 e. The number of benzene rings is 1. The molecule has 10 nitrogen and oxygen atoms in total. The predicted octanol–water partition coefficient (Wildman–Crippen LogP) is 6.43. The third-order valence-electron chi connectivity index (χ3n) is 10.5. The Balaban J connectivity index is 1.46. The van der Waals surface area contributed by atoms with Gasteiger partial charge in [0.15, 0.2) is 11.7 Å². The van der Waals surface area contributed by atoms with Gasteiger partial charge >= 0.3 is 0 Å². The van der Waals surface area contributed by atoms with Crippen molar-refractivity contribution in [1.82, 2.24) is 35.7 Å². The van der Waals surface area contributed by atoms with Gasteiger partial charge in [-0.2, -0.15) is 5.21 Å². The van der Waals surface area contributed by atoms with Crippen LogP contribution in [-0.2, 0) is 11.3 Å². The maximum Gasteiger partial charge on any atom is 0.291 e. The minimum absolute atomic E-state index is 0.0677. The van der Waals surface area contributed by atoms with Crippen molar-refractivity contribution in [1.29, 1.82) is 0 Å². The van der Waals surface area contributed by atoms with Crippen molar-refractivity contribution in [3.63, 3.8) is 0 Å². The highest BCUT2D eigenvalue weighted by molar-refractivity contribution is 6.39. The summed E-state index contributed by atoms with van der Waals surface area (Å²) in [5.41, 5.74) is 1.40. The Morgan fingerprint density at radius 2 is 1.71 bits per heavy atom. The van der Waals surface area contributed by atoms with Crippen molar-refractivity contribution in [3.05, 3.63) is 41.2 Å². The van der Waals surface area contributed by atoms with Crippen molar-refractivity contribution in [2.24, 2.45) is 21.7 Å². The largest absolute Gasteiger partial charge is 0.352 e. The average molecular weight is 619 g/mol. The van der Waals surface area contributed by atoms with E-state index < -0.39 is 5.66 Å². The van der Waals surface area contributed by atoms with Gasteiger partial charge in [-0.25, -0.2) is 4.99 Å². The number of aliphatic imine (C=N–C) groups is 1. The van der Waals surface area contributed by atoms with Gasteiger partial charge in [0.1, 0.15) is 5.66 Å². The first-order valence-corrected chi connectivity index (χ1v) is 17.0. The Bertz CT molecular complexity index is 1330. The number of rotatable bonds is 8. The fraction of sp³-hybridized carbons (Fsp3) is 0.714. The number of hydrogen-bond donors (Lipinski definition) is 2. The molecule has 10 heteroatoms. The van der Waals surface area contributed by atoms with Crippen molar-refractivity contribution >= 4 is 17.6 Å². The zero-order valence-corrected chi connectivity index (χ0v) is 28.5.